The Bertz CT molecular complexity index is 654. The molecule has 0 saturated carbocycles. The van der Waals surface area contributed by atoms with Gasteiger partial charge in [0.2, 0.25) is 0 Å². The van der Waals surface area contributed by atoms with Gasteiger partial charge < -0.3 is 14.7 Å². The van der Waals surface area contributed by atoms with E-state index in [2.05, 4.69) is 5.10 Å². The van der Waals surface area contributed by atoms with Gasteiger partial charge in [0.15, 0.2) is 11.4 Å². The average molecular weight is 301 g/mol. The molecule has 1 atom stereocenters. The van der Waals surface area contributed by atoms with Gasteiger partial charge in [-0.05, 0) is 25.5 Å². The number of rotatable bonds is 4. The van der Waals surface area contributed by atoms with E-state index in [4.69, 9.17) is 4.74 Å². The first-order chi connectivity index (χ1) is 10.7. The molecular weight excluding hydrogens is 282 g/mol. The van der Waals surface area contributed by atoms with Gasteiger partial charge in [0.1, 0.15) is 0 Å². The van der Waals surface area contributed by atoms with E-state index < -0.39 is 6.10 Å². The largest absolute Gasteiger partial charge is 0.490 e. The molecule has 1 aromatic heterocycles. The molecule has 0 bridgehead atoms. The number of aliphatic hydroxyl groups excluding tert-OH is 1. The van der Waals surface area contributed by atoms with Crippen molar-refractivity contribution in [2.75, 3.05) is 19.7 Å². The van der Waals surface area contributed by atoms with E-state index in [1.54, 1.807) is 15.8 Å². The quantitative estimate of drug-likeness (QED) is 0.929. The lowest BCUT2D eigenvalue weighted by Gasteiger charge is -2.14. The van der Waals surface area contributed by atoms with E-state index >= 15 is 0 Å². The predicted molar refractivity (Wildman–Crippen MR) is 81.3 cm³/mol. The molecular formula is C16H19N3O3. The van der Waals surface area contributed by atoms with Crippen molar-refractivity contribution in [3.05, 3.63) is 42.2 Å². The number of likely N-dealkylation sites (tertiary alicyclic amines) is 1. The van der Waals surface area contributed by atoms with Crippen LogP contribution in [-0.4, -0.2) is 51.5 Å². The summed E-state index contributed by atoms with van der Waals surface area (Å²) in [7, 11) is 0. The first-order valence-corrected chi connectivity index (χ1v) is 7.44. The van der Waals surface area contributed by atoms with Crippen LogP contribution in [0.3, 0.4) is 0 Å². The molecule has 1 saturated heterocycles. The van der Waals surface area contributed by atoms with Crippen molar-refractivity contribution in [1.82, 2.24) is 14.7 Å². The molecule has 1 aromatic carbocycles. The maximum atomic E-state index is 12.6. The number of para-hydroxylation sites is 1. The average Bonchev–Trinajstić information content (AvgIpc) is 3.15. The second kappa shape index (κ2) is 6.19. The van der Waals surface area contributed by atoms with Gasteiger partial charge in [-0.3, -0.25) is 4.79 Å². The summed E-state index contributed by atoms with van der Waals surface area (Å²) in [5.74, 6) is 0.271. The molecule has 2 heterocycles. The number of nitrogens with zero attached hydrogens (tertiary/aromatic N) is 3. The molecule has 0 aliphatic carbocycles. The Morgan fingerprint density at radius 1 is 1.41 bits per heavy atom. The van der Waals surface area contributed by atoms with Gasteiger partial charge in [0, 0.05) is 13.1 Å². The predicted octanol–water partition coefficient (Wildman–Crippen LogP) is 1.48. The Kier molecular flexibility index (Phi) is 4.11. The molecule has 1 aliphatic rings. The van der Waals surface area contributed by atoms with Crippen LogP contribution in [0.2, 0.25) is 0 Å². The van der Waals surface area contributed by atoms with Crippen molar-refractivity contribution in [2.24, 2.45) is 0 Å². The van der Waals surface area contributed by atoms with Crippen LogP contribution in [0.15, 0.2) is 36.5 Å². The van der Waals surface area contributed by atoms with Crippen molar-refractivity contribution >= 4 is 5.91 Å². The van der Waals surface area contributed by atoms with E-state index in [0.717, 1.165) is 5.69 Å². The molecule has 0 spiro atoms. The number of aliphatic hydroxyl groups is 1. The fraction of sp³-hybridized carbons (Fsp3) is 0.375. The first kappa shape index (κ1) is 14.6. The Morgan fingerprint density at radius 3 is 2.82 bits per heavy atom. The van der Waals surface area contributed by atoms with Crippen molar-refractivity contribution in [1.29, 1.82) is 0 Å². The molecule has 0 radical (unpaired) electrons. The lowest BCUT2D eigenvalue weighted by atomic mass is 10.3. The summed E-state index contributed by atoms with van der Waals surface area (Å²) in [4.78, 5) is 14.2. The zero-order valence-electron chi connectivity index (χ0n) is 12.5. The Hall–Kier alpha value is -2.34. The highest BCUT2D eigenvalue weighted by atomic mass is 16.5. The Balaban J connectivity index is 1.92. The van der Waals surface area contributed by atoms with Crippen molar-refractivity contribution in [3.63, 3.8) is 0 Å². The summed E-state index contributed by atoms with van der Waals surface area (Å²) in [5.41, 5.74) is 1.16. The molecule has 3 rings (SSSR count). The van der Waals surface area contributed by atoms with E-state index in [1.807, 2.05) is 37.3 Å². The summed E-state index contributed by atoms with van der Waals surface area (Å²) in [6.45, 7) is 3.23. The highest BCUT2D eigenvalue weighted by Crippen LogP contribution is 2.23. The highest BCUT2D eigenvalue weighted by molar-refractivity contribution is 5.95. The van der Waals surface area contributed by atoms with Crippen molar-refractivity contribution in [2.45, 2.75) is 19.4 Å². The summed E-state index contributed by atoms with van der Waals surface area (Å²) in [6, 6.07) is 9.58. The summed E-state index contributed by atoms with van der Waals surface area (Å²) in [6.07, 6.45) is 1.88. The number of benzene rings is 1. The van der Waals surface area contributed by atoms with E-state index in [1.165, 1.54) is 0 Å². The minimum absolute atomic E-state index is 0.199. The van der Waals surface area contributed by atoms with E-state index in [9.17, 15) is 9.90 Å². The molecule has 6 nitrogen and oxygen atoms in total. The molecule has 1 fully saturated rings. The molecule has 0 unspecified atom stereocenters. The molecule has 6 heteroatoms. The molecule has 116 valence electrons. The summed E-state index contributed by atoms with van der Waals surface area (Å²) in [5, 5.41) is 14.0. The Labute approximate surface area is 128 Å². The molecule has 1 aliphatic heterocycles. The third kappa shape index (κ3) is 2.82. The zero-order valence-corrected chi connectivity index (χ0v) is 12.5. The number of carbonyl (C=O) groups excluding carboxylic acids is 1. The number of amides is 1. The minimum atomic E-state index is -0.448. The van der Waals surface area contributed by atoms with Crippen molar-refractivity contribution < 1.29 is 14.6 Å². The number of hydrogen-bond acceptors (Lipinski definition) is 4. The maximum absolute atomic E-state index is 12.6. The van der Waals surface area contributed by atoms with Gasteiger partial charge in [0.05, 0.1) is 24.6 Å². The number of ether oxygens (including phenoxy) is 1. The lowest BCUT2D eigenvalue weighted by Crippen LogP contribution is -2.30. The smallest absolute Gasteiger partial charge is 0.278 e. The van der Waals surface area contributed by atoms with Gasteiger partial charge in [0.25, 0.3) is 5.91 Å². The third-order valence-corrected chi connectivity index (χ3v) is 3.65. The Morgan fingerprint density at radius 2 is 2.18 bits per heavy atom. The van der Waals surface area contributed by atoms with Crippen LogP contribution in [0, 0.1) is 0 Å². The number of β-amino-alcohol motifs (C(OH)–C–C–N with tert-alkyl or cyclic N) is 1. The zero-order chi connectivity index (χ0) is 15.5. The molecule has 22 heavy (non-hydrogen) atoms. The number of carbonyl (C=O) groups is 1. The maximum Gasteiger partial charge on any atom is 0.278 e. The van der Waals surface area contributed by atoms with E-state index in [0.29, 0.717) is 37.6 Å². The van der Waals surface area contributed by atoms with Crippen LogP contribution in [0.1, 0.15) is 23.8 Å². The number of aromatic nitrogens is 2. The van der Waals surface area contributed by atoms with Crippen LogP contribution in [0.25, 0.3) is 5.69 Å². The summed E-state index contributed by atoms with van der Waals surface area (Å²) < 4.78 is 7.20. The standard InChI is InChI=1S/C16H19N3O3/c1-2-22-14-11-19(12-6-4-3-5-7-12)17-15(14)16(21)18-9-8-13(20)10-18/h3-7,11,13,20H,2,8-10H2,1H3/t13-/m1/s1. The van der Waals surface area contributed by atoms with Gasteiger partial charge >= 0.3 is 0 Å². The molecule has 2 aromatic rings. The van der Waals surface area contributed by atoms with Crippen LogP contribution >= 0.6 is 0 Å². The summed E-state index contributed by atoms with van der Waals surface area (Å²) >= 11 is 0. The van der Waals surface area contributed by atoms with Crippen LogP contribution < -0.4 is 4.74 Å². The molecule has 1 N–H and O–H groups in total. The van der Waals surface area contributed by atoms with Crippen LogP contribution in [0.4, 0.5) is 0 Å². The second-order valence-electron chi connectivity index (χ2n) is 5.25. The van der Waals surface area contributed by atoms with Crippen LogP contribution in [-0.2, 0) is 0 Å². The van der Waals surface area contributed by atoms with Gasteiger partial charge in [-0.2, -0.15) is 5.10 Å². The fourth-order valence-corrected chi connectivity index (χ4v) is 2.56. The highest BCUT2D eigenvalue weighted by Gasteiger charge is 2.29. The van der Waals surface area contributed by atoms with Gasteiger partial charge in [-0.15, -0.1) is 0 Å². The third-order valence-electron chi connectivity index (χ3n) is 3.65. The first-order valence-electron chi connectivity index (χ1n) is 7.44. The normalized spacial score (nSPS) is 17.7. The van der Waals surface area contributed by atoms with E-state index in [-0.39, 0.29) is 5.91 Å². The SMILES string of the molecule is CCOc1cn(-c2ccccc2)nc1C(=O)N1CC[C@@H](O)C1. The van der Waals surface area contributed by atoms with Gasteiger partial charge in [-0.1, -0.05) is 18.2 Å². The van der Waals surface area contributed by atoms with Gasteiger partial charge in [-0.25, -0.2) is 4.68 Å². The molecule has 1 amide bonds. The fourth-order valence-electron chi connectivity index (χ4n) is 2.56. The van der Waals surface area contributed by atoms with Crippen LogP contribution in [0.5, 0.6) is 5.75 Å². The van der Waals surface area contributed by atoms with Crippen molar-refractivity contribution in [3.8, 4) is 11.4 Å². The number of hydrogen-bond donors (Lipinski definition) is 1. The monoisotopic (exact) mass is 301 g/mol. The topological polar surface area (TPSA) is 67.6 Å². The minimum Gasteiger partial charge on any atom is -0.490 e. The lowest BCUT2D eigenvalue weighted by molar-refractivity contribution is 0.0754. The second-order valence-corrected chi connectivity index (χ2v) is 5.25.